The first kappa shape index (κ1) is 39.5. The summed E-state index contributed by atoms with van der Waals surface area (Å²) in [4.78, 5) is 70.1. The van der Waals surface area contributed by atoms with E-state index in [1.807, 2.05) is 0 Å². The topological polar surface area (TPSA) is 180 Å². The standard InChI is InChI=1S/C37H61N5O8S/c1-23(51(48,49)35(2,3)4)37(18-12-10-13-19-37)41-34(47)40-27-22-50-20-14-9-7-8-11-15-26(30(43)32(45)38-24-16-17-24)39-31(44)29-28-25(36(28,5)6)21-42(29)33(27)46/h23-29H,7-22H2,1-6H3,(H,38,45)(H,39,44)(H2,40,41,47)/t23-,25+,26+,27+,28+,29+/m1/s1. The smallest absolute Gasteiger partial charge is 0.315 e. The maximum Gasteiger partial charge on any atom is 0.315 e. The molecule has 2 heterocycles. The van der Waals surface area contributed by atoms with Gasteiger partial charge in [0.05, 0.1) is 28.2 Å². The van der Waals surface area contributed by atoms with Crippen molar-refractivity contribution in [2.45, 2.75) is 165 Å². The molecule has 0 bridgehead atoms. The summed E-state index contributed by atoms with van der Waals surface area (Å²) in [6.07, 6.45) is 9.43. The van der Waals surface area contributed by atoms with E-state index in [2.05, 4.69) is 35.1 Å². The Bertz CT molecular complexity index is 1450. The molecule has 4 N–H and O–H groups in total. The van der Waals surface area contributed by atoms with Gasteiger partial charge < -0.3 is 30.9 Å². The molecule has 51 heavy (non-hydrogen) atoms. The summed E-state index contributed by atoms with van der Waals surface area (Å²) < 4.78 is 32.3. The van der Waals surface area contributed by atoms with Crippen molar-refractivity contribution in [1.82, 2.24) is 26.2 Å². The average Bonchev–Trinajstić information content (AvgIpc) is 3.92. The Morgan fingerprint density at radius 3 is 2.20 bits per heavy atom. The number of fused-ring (bicyclic) bond motifs is 3. The summed E-state index contributed by atoms with van der Waals surface area (Å²) in [5, 5.41) is 10.6. The van der Waals surface area contributed by atoms with Gasteiger partial charge >= 0.3 is 6.03 Å². The number of hydrogen-bond donors (Lipinski definition) is 4. The second kappa shape index (κ2) is 15.3. The van der Waals surface area contributed by atoms with E-state index in [0.717, 1.165) is 57.8 Å². The largest absolute Gasteiger partial charge is 0.379 e. The lowest BCUT2D eigenvalue weighted by atomic mass is 9.79. The van der Waals surface area contributed by atoms with Gasteiger partial charge in [-0.15, -0.1) is 0 Å². The van der Waals surface area contributed by atoms with Crippen molar-refractivity contribution in [1.29, 1.82) is 0 Å². The Balaban J connectivity index is 1.38. The minimum Gasteiger partial charge on any atom is -0.379 e. The zero-order valence-corrected chi connectivity index (χ0v) is 32.3. The van der Waals surface area contributed by atoms with Gasteiger partial charge in [-0.1, -0.05) is 58.8 Å². The summed E-state index contributed by atoms with van der Waals surface area (Å²) in [6, 6.07) is -3.67. The third-order valence-electron chi connectivity index (χ3n) is 12.4. The average molecular weight is 736 g/mol. The van der Waals surface area contributed by atoms with Crippen LogP contribution in [0.2, 0.25) is 0 Å². The molecule has 5 amide bonds. The number of sulfone groups is 1. The van der Waals surface area contributed by atoms with Gasteiger partial charge in [-0.3, -0.25) is 19.2 Å². The lowest BCUT2D eigenvalue weighted by Gasteiger charge is -2.44. The monoisotopic (exact) mass is 735 g/mol. The number of hydrogen-bond acceptors (Lipinski definition) is 8. The highest BCUT2D eigenvalue weighted by atomic mass is 32.2. The first-order chi connectivity index (χ1) is 23.9. The van der Waals surface area contributed by atoms with E-state index >= 15 is 0 Å². The fraction of sp³-hybridized carbons (Fsp3) is 0.865. The van der Waals surface area contributed by atoms with E-state index in [9.17, 15) is 32.4 Å². The molecule has 3 aliphatic carbocycles. The highest BCUT2D eigenvalue weighted by Crippen LogP contribution is 2.65. The van der Waals surface area contributed by atoms with E-state index in [1.165, 1.54) is 4.90 Å². The number of urea groups is 1. The summed E-state index contributed by atoms with van der Waals surface area (Å²) in [7, 11) is -3.65. The number of Topliss-reactive ketones (excluding diaryl/α,β-unsaturated/α-hetero) is 1. The molecule has 5 aliphatic rings. The van der Waals surface area contributed by atoms with Crippen LogP contribution in [0.4, 0.5) is 4.79 Å². The maximum atomic E-state index is 14.4. The van der Waals surface area contributed by atoms with Crippen molar-refractivity contribution in [3.8, 4) is 0 Å². The van der Waals surface area contributed by atoms with E-state index in [1.54, 1.807) is 27.7 Å². The number of ether oxygens (including phenoxy) is 1. The highest BCUT2D eigenvalue weighted by molar-refractivity contribution is 7.93. The van der Waals surface area contributed by atoms with Gasteiger partial charge in [0.15, 0.2) is 9.84 Å². The molecule has 0 aromatic heterocycles. The number of nitrogens with one attached hydrogen (secondary N) is 4. The van der Waals surface area contributed by atoms with Crippen molar-refractivity contribution in [2.75, 3.05) is 19.8 Å². The second-order valence-electron chi connectivity index (χ2n) is 17.4. The molecule has 2 aliphatic heterocycles. The van der Waals surface area contributed by atoms with Gasteiger partial charge in [0, 0.05) is 19.2 Å². The molecule has 2 saturated heterocycles. The molecule has 5 rings (SSSR count). The molecule has 0 radical (unpaired) electrons. The number of carbonyl (C=O) groups excluding carboxylic acids is 5. The van der Waals surface area contributed by atoms with Crippen LogP contribution in [-0.2, 0) is 33.8 Å². The lowest BCUT2D eigenvalue weighted by molar-refractivity contribution is -0.144. The van der Waals surface area contributed by atoms with Crippen LogP contribution >= 0.6 is 0 Å². The van der Waals surface area contributed by atoms with Crippen LogP contribution < -0.4 is 21.3 Å². The molecule has 288 valence electrons. The third-order valence-corrected chi connectivity index (χ3v) is 15.5. The molecule has 14 heteroatoms. The Hall–Kier alpha value is -2.74. The van der Waals surface area contributed by atoms with E-state index < -0.39 is 73.0 Å². The Morgan fingerprint density at radius 2 is 1.55 bits per heavy atom. The summed E-state index contributed by atoms with van der Waals surface area (Å²) in [5.74, 6) is -2.39. The van der Waals surface area contributed by atoms with Crippen LogP contribution in [0.1, 0.15) is 125 Å². The van der Waals surface area contributed by atoms with Crippen molar-refractivity contribution in [3.63, 3.8) is 0 Å². The van der Waals surface area contributed by atoms with Crippen molar-refractivity contribution >= 4 is 39.4 Å². The SMILES string of the molecule is C[C@H](C1(NC(=O)N[C@H]2COCCCCCCC[C@@H](C(=O)C(=O)NC3CC3)NC(=O)[C@@H]3[C@@H]4[C@H](CN3C2=O)C4(C)C)CCCCC1)S(=O)(=O)C(C)(C)C. The first-order valence-electron chi connectivity index (χ1n) is 19.3. The zero-order chi connectivity index (χ0) is 37.4. The number of amides is 5. The van der Waals surface area contributed by atoms with Gasteiger partial charge in [-0.25, -0.2) is 13.2 Å². The first-order valence-corrected chi connectivity index (χ1v) is 20.8. The molecule has 3 saturated carbocycles. The molecule has 0 aromatic carbocycles. The fourth-order valence-electron chi connectivity index (χ4n) is 8.70. The highest BCUT2D eigenvalue weighted by Gasteiger charge is 2.69. The predicted octanol–water partition coefficient (Wildman–Crippen LogP) is 3.15. The Kier molecular flexibility index (Phi) is 11.9. The van der Waals surface area contributed by atoms with Crippen LogP contribution in [0, 0.1) is 17.3 Å². The number of ketones is 1. The minimum absolute atomic E-state index is 0.00209. The summed E-state index contributed by atoms with van der Waals surface area (Å²) >= 11 is 0. The third kappa shape index (κ3) is 8.57. The normalized spacial score (nSPS) is 30.9. The molecule has 5 fully saturated rings. The molecular formula is C37H61N5O8S. The quantitative estimate of drug-likeness (QED) is 0.288. The number of rotatable bonds is 7. The summed E-state index contributed by atoms with van der Waals surface area (Å²) in [5.41, 5.74) is -1.22. The number of carbonyl (C=O) groups is 5. The zero-order valence-electron chi connectivity index (χ0n) is 31.5. The van der Waals surface area contributed by atoms with Crippen LogP contribution in [0.25, 0.3) is 0 Å². The van der Waals surface area contributed by atoms with E-state index in [4.69, 9.17) is 4.74 Å². The van der Waals surface area contributed by atoms with E-state index in [-0.39, 0.29) is 29.9 Å². The lowest BCUT2D eigenvalue weighted by Crippen LogP contribution is -2.65. The molecule has 6 atom stereocenters. The molecule has 13 nitrogen and oxygen atoms in total. The van der Waals surface area contributed by atoms with Gasteiger partial charge in [-0.05, 0) is 83.5 Å². The van der Waals surface area contributed by atoms with Gasteiger partial charge in [0.25, 0.3) is 5.91 Å². The van der Waals surface area contributed by atoms with Gasteiger partial charge in [0.1, 0.15) is 12.1 Å². The van der Waals surface area contributed by atoms with Crippen molar-refractivity contribution < 1.29 is 37.1 Å². The Morgan fingerprint density at radius 1 is 0.922 bits per heavy atom. The molecule has 0 spiro atoms. The van der Waals surface area contributed by atoms with E-state index in [0.29, 0.717) is 38.8 Å². The fourth-order valence-corrected chi connectivity index (χ4v) is 10.7. The summed E-state index contributed by atoms with van der Waals surface area (Å²) in [6.45, 7) is 11.4. The van der Waals surface area contributed by atoms with Crippen LogP contribution in [0.5, 0.6) is 0 Å². The van der Waals surface area contributed by atoms with Gasteiger partial charge in [0.2, 0.25) is 17.6 Å². The Labute approximate surface area is 303 Å². The number of nitrogens with zero attached hydrogens (tertiary/aromatic N) is 1. The van der Waals surface area contributed by atoms with Crippen LogP contribution in [0.15, 0.2) is 0 Å². The minimum atomic E-state index is -3.65. The molecule has 0 aromatic rings. The number of piperidine rings is 1. The maximum absolute atomic E-state index is 14.4. The van der Waals surface area contributed by atoms with Crippen molar-refractivity contribution in [3.05, 3.63) is 0 Å². The second-order valence-corrected chi connectivity index (χ2v) is 20.4. The molecular weight excluding hydrogens is 675 g/mol. The van der Waals surface area contributed by atoms with Gasteiger partial charge in [-0.2, -0.15) is 0 Å². The van der Waals surface area contributed by atoms with Crippen LogP contribution in [0.3, 0.4) is 0 Å². The molecule has 0 unspecified atom stereocenters. The van der Waals surface area contributed by atoms with Crippen LogP contribution in [-0.4, -0.2) is 102 Å². The van der Waals surface area contributed by atoms with Crippen molar-refractivity contribution in [2.24, 2.45) is 17.3 Å². The predicted molar refractivity (Wildman–Crippen MR) is 192 cm³/mol.